The van der Waals surface area contributed by atoms with E-state index in [9.17, 15) is 23.9 Å². The zero-order valence-electron chi connectivity index (χ0n) is 14.8. The zero-order valence-corrected chi connectivity index (χ0v) is 14.8. The van der Waals surface area contributed by atoms with E-state index in [-0.39, 0.29) is 23.6 Å². The number of carboxylic acid groups (broad SMARTS) is 1. The molecule has 2 aromatic carbocycles. The molecule has 148 valence electrons. The van der Waals surface area contributed by atoms with Crippen LogP contribution >= 0.6 is 0 Å². The first-order valence-electron chi connectivity index (χ1n) is 8.31. The summed E-state index contributed by atoms with van der Waals surface area (Å²) in [6.45, 7) is -0.0574. The van der Waals surface area contributed by atoms with Crippen molar-refractivity contribution in [3.63, 3.8) is 0 Å². The van der Waals surface area contributed by atoms with Crippen LogP contribution in [0.3, 0.4) is 0 Å². The second kappa shape index (κ2) is 8.21. The minimum atomic E-state index is -1.58. The normalized spacial score (nSPS) is 10.4. The molecule has 5 N–H and O–H groups in total. The Morgan fingerprint density at radius 3 is 2.52 bits per heavy atom. The van der Waals surface area contributed by atoms with E-state index in [1.807, 2.05) is 0 Å². The number of hydrogen-bond donors (Lipinski definition) is 5. The van der Waals surface area contributed by atoms with Crippen molar-refractivity contribution in [1.29, 1.82) is 0 Å². The first kappa shape index (κ1) is 19.5. The van der Waals surface area contributed by atoms with E-state index in [1.165, 1.54) is 30.3 Å². The average Bonchev–Trinajstić information content (AvgIpc) is 2.69. The van der Waals surface area contributed by atoms with Gasteiger partial charge in [-0.3, -0.25) is 4.79 Å². The Labute approximate surface area is 162 Å². The van der Waals surface area contributed by atoms with Gasteiger partial charge in [0, 0.05) is 17.7 Å². The minimum absolute atomic E-state index is 0.0574. The molecule has 0 unspecified atom stereocenters. The molecule has 2 amide bonds. The number of carbonyl (C=O) groups is 2. The van der Waals surface area contributed by atoms with Gasteiger partial charge in [0.2, 0.25) is 5.75 Å². The highest BCUT2D eigenvalue weighted by Crippen LogP contribution is 2.25. The molecular weight excluding hydrogens is 383 g/mol. The number of aromatic amines is 1. The molecule has 0 saturated heterocycles. The lowest BCUT2D eigenvalue weighted by Crippen LogP contribution is -2.28. The lowest BCUT2D eigenvalue weighted by atomic mass is 10.1. The molecule has 0 fully saturated rings. The lowest BCUT2D eigenvalue weighted by Gasteiger charge is -2.12. The van der Waals surface area contributed by atoms with Gasteiger partial charge in [-0.2, -0.15) is 0 Å². The molecule has 0 saturated carbocycles. The lowest BCUT2D eigenvalue weighted by molar-refractivity contribution is 0.0686. The minimum Gasteiger partial charge on any atom is -0.501 e. The van der Waals surface area contributed by atoms with Gasteiger partial charge < -0.3 is 25.8 Å². The quantitative estimate of drug-likeness (QED) is 0.446. The summed E-state index contributed by atoms with van der Waals surface area (Å²) in [4.78, 5) is 41.2. The Morgan fingerprint density at radius 2 is 1.79 bits per heavy atom. The van der Waals surface area contributed by atoms with E-state index < -0.39 is 34.8 Å². The molecule has 29 heavy (non-hydrogen) atoms. The van der Waals surface area contributed by atoms with Crippen molar-refractivity contribution in [3.05, 3.63) is 76.0 Å². The summed E-state index contributed by atoms with van der Waals surface area (Å²) < 4.78 is 13.6. The van der Waals surface area contributed by atoms with Crippen molar-refractivity contribution in [2.24, 2.45) is 0 Å². The van der Waals surface area contributed by atoms with Crippen LogP contribution in [0.15, 0.2) is 53.3 Å². The fourth-order valence-corrected chi connectivity index (χ4v) is 2.53. The molecule has 9 nitrogen and oxygen atoms in total. The van der Waals surface area contributed by atoms with Crippen LogP contribution < -0.4 is 16.2 Å². The molecule has 0 radical (unpaired) electrons. The number of aromatic hydroxyl groups is 1. The van der Waals surface area contributed by atoms with Crippen LogP contribution in [0, 0.1) is 5.82 Å². The molecule has 0 aliphatic carbocycles. The Hall–Kier alpha value is -4.21. The van der Waals surface area contributed by atoms with Gasteiger partial charge in [0.05, 0.1) is 5.69 Å². The third-order valence-corrected chi connectivity index (χ3v) is 3.93. The number of urea groups is 1. The van der Waals surface area contributed by atoms with Crippen LogP contribution in [0.1, 0.15) is 16.1 Å². The number of benzene rings is 2. The highest BCUT2D eigenvalue weighted by Gasteiger charge is 2.19. The van der Waals surface area contributed by atoms with Crippen molar-refractivity contribution in [2.75, 3.05) is 5.32 Å². The molecule has 0 bridgehead atoms. The van der Waals surface area contributed by atoms with Gasteiger partial charge in [0.15, 0.2) is 5.69 Å². The number of nitrogens with zero attached hydrogens (tertiary/aromatic N) is 1. The molecular formula is C19H15FN4O5. The molecule has 1 aromatic heterocycles. The monoisotopic (exact) mass is 398 g/mol. The van der Waals surface area contributed by atoms with E-state index in [0.29, 0.717) is 5.56 Å². The molecule has 3 aromatic rings. The molecule has 0 atom stereocenters. The fourth-order valence-electron chi connectivity index (χ4n) is 2.53. The number of rotatable bonds is 5. The summed E-state index contributed by atoms with van der Waals surface area (Å²) in [5.74, 6) is -3.22. The summed E-state index contributed by atoms with van der Waals surface area (Å²) >= 11 is 0. The van der Waals surface area contributed by atoms with Gasteiger partial charge in [-0.25, -0.2) is 19.0 Å². The predicted octanol–water partition coefficient (Wildman–Crippen LogP) is 2.30. The zero-order chi connectivity index (χ0) is 21.0. The fraction of sp³-hybridized carbons (Fsp3) is 0.0526. The van der Waals surface area contributed by atoms with Crippen LogP contribution in [0.25, 0.3) is 11.4 Å². The number of H-pyrrole nitrogens is 1. The molecule has 1 heterocycles. The van der Waals surface area contributed by atoms with E-state index in [1.54, 1.807) is 18.2 Å². The van der Waals surface area contributed by atoms with Gasteiger partial charge in [-0.1, -0.05) is 30.3 Å². The Balaban J connectivity index is 1.84. The van der Waals surface area contributed by atoms with Crippen LogP contribution in [0.2, 0.25) is 0 Å². The summed E-state index contributed by atoms with van der Waals surface area (Å²) in [6, 6.07) is 11.5. The van der Waals surface area contributed by atoms with Crippen LogP contribution in [0.4, 0.5) is 14.9 Å². The van der Waals surface area contributed by atoms with Crippen molar-refractivity contribution in [1.82, 2.24) is 15.3 Å². The number of halogens is 1. The number of nitrogens with one attached hydrogen (secondary N) is 3. The van der Waals surface area contributed by atoms with Crippen LogP contribution in [-0.2, 0) is 6.54 Å². The predicted molar refractivity (Wildman–Crippen MR) is 101 cm³/mol. The van der Waals surface area contributed by atoms with E-state index in [2.05, 4.69) is 20.6 Å². The number of para-hydroxylation sites is 1. The van der Waals surface area contributed by atoms with Crippen molar-refractivity contribution < 1.29 is 24.2 Å². The number of aromatic nitrogens is 2. The van der Waals surface area contributed by atoms with Gasteiger partial charge in [0.25, 0.3) is 5.56 Å². The Morgan fingerprint density at radius 1 is 1.10 bits per heavy atom. The van der Waals surface area contributed by atoms with Gasteiger partial charge in [-0.15, -0.1) is 0 Å². The van der Waals surface area contributed by atoms with Crippen LogP contribution in [-0.4, -0.2) is 32.2 Å². The van der Waals surface area contributed by atoms with Crippen molar-refractivity contribution >= 4 is 17.7 Å². The van der Waals surface area contributed by atoms with Gasteiger partial charge in [-0.05, 0) is 18.2 Å². The maximum atomic E-state index is 13.6. The van der Waals surface area contributed by atoms with Crippen molar-refractivity contribution in [2.45, 2.75) is 6.54 Å². The van der Waals surface area contributed by atoms with E-state index in [4.69, 9.17) is 5.11 Å². The summed E-state index contributed by atoms with van der Waals surface area (Å²) in [6.07, 6.45) is 0. The maximum absolute atomic E-state index is 13.6. The van der Waals surface area contributed by atoms with Crippen molar-refractivity contribution in [3.8, 4) is 17.1 Å². The molecule has 3 rings (SSSR count). The average molecular weight is 398 g/mol. The smallest absolute Gasteiger partial charge is 0.358 e. The number of amides is 2. The van der Waals surface area contributed by atoms with Gasteiger partial charge in [0.1, 0.15) is 11.6 Å². The highest BCUT2D eigenvalue weighted by atomic mass is 19.1. The highest BCUT2D eigenvalue weighted by molar-refractivity contribution is 5.94. The number of hydrogen-bond acceptors (Lipinski definition) is 5. The Kier molecular flexibility index (Phi) is 5.54. The summed E-state index contributed by atoms with van der Waals surface area (Å²) in [5, 5.41) is 23.7. The third-order valence-electron chi connectivity index (χ3n) is 3.93. The number of carbonyl (C=O) groups excluding carboxylic acids is 1. The second-order valence-electron chi connectivity index (χ2n) is 5.86. The largest absolute Gasteiger partial charge is 0.501 e. The van der Waals surface area contributed by atoms with E-state index >= 15 is 0 Å². The van der Waals surface area contributed by atoms with E-state index in [0.717, 1.165) is 0 Å². The molecule has 10 heteroatoms. The number of carboxylic acids is 1. The maximum Gasteiger partial charge on any atom is 0.358 e. The summed E-state index contributed by atoms with van der Waals surface area (Å²) in [7, 11) is 0. The Bertz CT molecular complexity index is 1150. The third kappa shape index (κ3) is 4.38. The SMILES string of the molecule is O=C(NCc1ccccc1F)Nc1ccccc1-c1nc(C(=O)O)c(O)c(=O)[nH]1. The second-order valence-corrected chi connectivity index (χ2v) is 5.86. The molecule has 0 spiro atoms. The van der Waals surface area contributed by atoms with Crippen LogP contribution in [0.5, 0.6) is 5.75 Å². The number of aromatic carboxylic acids is 1. The molecule has 0 aliphatic rings. The topological polar surface area (TPSA) is 144 Å². The molecule has 0 aliphatic heterocycles. The standard InChI is InChI=1S/C19H15FN4O5/c20-12-7-3-1-5-10(12)9-21-19(29)22-13-8-4-2-6-11(13)16-23-14(18(27)28)15(25)17(26)24-16/h1-8,25H,9H2,(H,27,28)(H2,21,22,29)(H,23,24,26). The van der Waals surface area contributed by atoms with Gasteiger partial charge >= 0.3 is 12.0 Å². The first-order valence-corrected chi connectivity index (χ1v) is 8.31. The number of anilines is 1. The summed E-state index contributed by atoms with van der Waals surface area (Å²) in [5.41, 5.74) is -1.13. The first-order chi connectivity index (χ1) is 13.9.